The monoisotopic (exact) mass is 213 g/mol. The molecule has 0 fully saturated rings. The van der Waals surface area contributed by atoms with E-state index in [2.05, 4.69) is 33.7 Å². The maximum atomic E-state index is 4.68. The van der Waals surface area contributed by atoms with E-state index in [1.165, 1.54) is 12.2 Å². The molecule has 3 rings (SSSR count). The first kappa shape index (κ1) is 9.58. The third-order valence-corrected chi connectivity index (χ3v) is 3.19. The summed E-state index contributed by atoms with van der Waals surface area (Å²) >= 11 is 0. The van der Waals surface area contributed by atoms with Crippen molar-refractivity contribution in [2.75, 3.05) is 0 Å². The first-order valence-electron chi connectivity index (χ1n) is 5.79. The van der Waals surface area contributed by atoms with Gasteiger partial charge in [-0.1, -0.05) is 6.92 Å². The predicted molar refractivity (Wildman–Crippen MR) is 62.9 cm³/mol. The number of rotatable bonds is 1. The van der Waals surface area contributed by atoms with Crippen molar-refractivity contribution in [3.05, 3.63) is 36.5 Å². The smallest absolute Gasteiger partial charge is 0.109 e. The summed E-state index contributed by atoms with van der Waals surface area (Å²) in [5.74, 6) is 1.99. The summed E-state index contributed by atoms with van der Waals surface area (Å²) < 4.78 is 2.29. The zero-order valence-electron chi connectivity index (χ0n) is 9.43. The van der Waals surface area contributed by atoms with Crippen molar-refractivity contribution in [3.8, 4) is 11.3 Å². The minimum Gasteiger partial charge on any atom is -0.334 e. The molecule has 0 spiro atoms. The van der Waals surface area contributed by atoms with Gasteiger partial charge in [0, 0.05) is 37.1 Å². The molecule has 3 heterocycles. The van der Waals surface area contributed by atoms with Crippen molar-refractivity contribution in [1.29, 1.82) is 0 Å². The van der Waals surface area contributed by atoms with Gasteiger partial charge in [-0.25, -0.2) is 4.98 Å². The van der Waals surface area contributed by atoms with Gasteiger partial charge in [0.2, 0.25) is 0 Å². The Morgan fingerprint density at radius 1 is 1.44 bits per heavy atom. The molecule has 0 saturated carbocycles. The first-order chi connectivity index (χ1) is 7.83. The molecule has 0 unspecified atom stereocenters. The van der Waals surface area contributed by atoms with E-state index in [0.717, 1.165) is 30.1 Å². The van der Waals surface area contributed by atoms with Crippen LogP contribution >= 0.6 is 0 Å². The van der Waals surface area contributed by atoms with E-state index in [4.69, 9.17) is 0 Å². The van der Waals surface area contributed by atoms with Crippen molar-refractivity contribution >= 4 is 0 Å². The normalized spacial score (nSPS) is 19.4. The van der Waals surface area contributed by atoms with Crippen LogP contribution in [0.2, 0.25) is 0 Å². The summed E-state index contributed by atoms with van der Waals surface area (Å²) in [6.45, 7) is 3.40. The second-order valence-electron chi connectivity index (χ2n) is 4.58. The highest BCUT2D eigenvalue weighted by Gasteiger charge is 2.17. The fourth-order valence-corrected chi connectivity index (χ4v) is 2.27. The topological polar surface area (TPSA) is 30.7 Å². The molecule has 1 aliphatic rings. The van der Waals surface area contributed by atoms with Crippen LogP contribution in [-0.2, 0) is 13.0 Å². The standard InChI is InChI=1S/C13H15N3/c1-10-4-5-13-15-12(9-16(13)8-10)11-3-2-6-14-7-11/h2-3,6-7,9-10H,4-5,8H2,1H3/t10-/m0/s1. The van der Waals surface area contributed by atoms with Crippen LogP contribution in [0.3, 0.4) is 0 Å². The Morgan fingerprint density at radius 3 is 3.19 bits per heavy atom. The Bertz CT molecular complexity index is 487. The molecular weight excluding hydrogens is 198 g/mol. The molecule has 0 saturated heterocycles. The molecule has 0 aliphatic carbocycles. The highest BCUT2D eigenvalue weighted by atomic mass is 15.1. The molecule has 0 amide bonds. The van der Waals surface area contributed by atoms with E-state index in [9.17, 15) is 0 Å². The average Bonchev–Trinajstić information content (AvgIpc) is 2.73. The number of hydrogen-bond donors (Lipinski definition) is 0. The molecule has 1 aliphatic heterocycles. The van der Waals surface area contributed by atoms with Crippen LogP contribution in [0.4, 0.5) is 0 Å². The highest BCUT2D eigenvalue weighted by molar-refractivity contribution is 5.57. The fourth-order valence-electron chi connectivity index (χ4n) is 2.27. The van der Waals surface area contributed by atoms with Crippen LogP contribution in [0.5, 0.6) is 0 Å². The molecule has 0 radical (unpaired) electrons. The zero-order chi connectivity index (χ0) is 11.0. The van der Waals surface area contributed by atoms with E-state index in [1.54, 1.807) is 6.20 Å². The lowest BCUT2D eigenvalue weighted by Gasteiger charge is -2.19. The van der Waals surface area contributed by atoms with Crippen LogP contribution < -0.4 is 0 Å². The Kier molecular flexibility index (Phi) is 2.24. The number of aryl methyl sites for hydroxylation is 1. The molecule has 16 heavy (non-hydrogen) atoms. The third kappa shape index (κ3) is 1.62. The zero-order valence-corrected chi connectivity index (χ0v) is 9.43. The maximum absolute atomic E-state index is 4.68. The molecular formula is C13H15N3. The molecule has 2 aromatic rings. The summed E-state index contributed by atoms with van der Waals surface area (Å²) in [6.07, 6.45) is 8.17. The van der Waals surface area contributed by atoms with Gasteiger partial charge < -0.3 is 4.57 Å². The average molecular weight is 213 g/mol. The van der Waals surface area contributed by atoms with Crippen LogP contribution in [0.25, 0.3) is 11.3 Å². The minimum atomic E-state index is 0.767. The second kappa shape index (κ2) is 3.74. The summed E-state index contributed by atoms with van der Waals surface area (Å²) in [7, 11) is 0. The third-order valence-electron chi connectivity index (χ3n) is 3.19. The lowest BCUT2D eigenvalue weighted by Crippen LogP contribution is -2.17. The van der Waals surface area contributed by atoms with Gasteiger partial charge in [0.15, 0.2) is 0 Å². The van der Waals surface area contributed by atoms with Crippen LogP contribution in [0, 0.1) is 5.92 Å². The molecule has 0 N–H and O–H groups in total. The number of nitrogens with zero attached hydrogens (tertiary/aromatic N) is 3. The van der Waals surface area contributed by atoms with Gasteiger partial charge in [0.25, 0.3) is 0 Å². The SMILES string of the molecule is C[C@H]1CCc2nc(-c3cccnc3)cn2C1. The van der Waals surface area contributed by atoms with Crippen molar-refractivity contribution < 1.29 is 0 Å². The number of imidazole rings is 1. The Balaban J connectivity index is 1.99. The summed E-state index contributed by atoms with van der Waals surface area (Å²) in [5, 5.41) is 0. The molecule has 0 bridgehead atoms. The molecule has 0 aromatic carbocycles. The van der Waals surface area contributed by atoms with Crippen molar-refractivity contribution in [2.45, 2.75) is 26.3 Å². The van der Waals surface area contributed by atoms with E-state index >= 15 is 0 Å². The van der Waals surface area contributed by atoms with Gasteiger partial charge in [-0.3, -0.25) is 4.98 Å². The maximum Gasteiger partial charge on any atom is 0.109 e. The quantitative estimate of drug-likeness (QED) is 0.728. The minimum absolute atomic E-state index is 0.767. The van der Waals surface area contributed by atoms with Gasteiger partial charge >= 0.3 is 0 Å². The van der Waals surface area contributed by atoms with Gasteiger partial charge in [-0.2, -0.15) is 0 Å². The fraction of sp³-hybridized carbons (Fsp3) is 0.385. The Morgan fingerprint density at radius 2 is 2.38 bits per heavy atom. The predicted octanol–water partition coefficient (Wildman–Crippen LogP) is 2.53. The van der Waals surface area contributed by atoms with Gasteiger partial charge in [0.05, 0.1) is 5.69 Å². The van der Waals surface area contributed by atoms with Crippen molar-refractivity contribution in [1.82, 2.24) is 14.5 Å². The summed E-state index contributed by atoms with van der Waals surface area (Å²) in [5.41, 5.74) is 2.16. The molecule has 2 aromatic heterocycles. The van der Waals surface area contributed by atoms with Crippen LogP contribution in [0.15, 0.2) is 30.7 Å². The van der Waals surface area contributed by atoms with Crippen LogP contribution in [0.1, 0.15) is 19.2 Å². The van der Waals surface area contributed by atoms with Crippen LogP contribution in [-0.4, -0.2) is 14.5 Å². The first-order valence-corrected chi connectivity index (χ1v) is 5.79. The lowest BCUT2D eigenvalue weighted by atomic mass is 10.0. The number of pyridine rings is 1. The number of hydrogen-bond acceptors (Lipinski definition) is 2. The van der Waals surface area contributed by atoms with E-state index < -0.39 is 0 Å². The Labute approximate surface area is 95.2 Å². The summed E-state index contributed by atoms with van der Waals surface area (Å²) in [4.78, 5) is 8.81. The lowest BCUT2D eigenvalue weighted by molar-refractivity contribution is 0.394. The van der Waals surface area contributed by atoms with Gasteiger partial charge in [0.1, 0.15) is 5.82 Å². The summed E-state index contributed by atoms with van der Waals surface area (Å²) in [6, 6.07) is 4.01. The van der Waals surface area contributed by atoms with Gasteiger partial charge in [-0.05, 0) is 24.5 Å². The number of fused-ring (bicyclic) bond motifs is 1. The molecule has 1 atom stereocenters. The molecule has 3 nitrogen and oxygen atoms in total. The van der Waals surface area contributed by atoms with E-state index in [0.29, 0.717) is 0 Å². The highest BCUT2D eigenvalue weighted by Crippen LogP contribution is 2.23. The Hall–Kier alpha value is -1.64. The largest absolute Gasteiger partial charge is 0.334 e. The van der Waals surface area contributed by atoms with E-state index in [1.807, 2.05) is 12.3 Å². The van der Waals surface area contributed by atoms with Crippen molar-refractivity contribution in [3.63, 3.8) is 0 Å². The second-order valence-corrected chi connectivity index (χ2v) is 4.58. The van der Waals surface area contributed by atoms with Crippen molar-refractivity contribution in [2.24, 2.45) is 5.92 Å². The van der Waals surface area contributed by atoms with Gasteiger partial charge in [-0.15, -0.1) is 0 Å². The van der Waals surface area contributed by atoms with E-state index in [-0.39, 0.29) is 0 Å². The molecule has 82 valence electrons. The number of aromatic nitrogens is 3. The molecule has 3 heteroatoms.